The molecule has 28 heavy (non-hydrogen) atoms. The minimum absolute atomic E-state index is 0.0469. The Morgan fingerprint density at radius 2 is 1.93 bits per heavy atom. The van der Waals surface area contributed by atoms with Crippen LogP contribution < -0.4 is 20.1 Å². The molecule has 1 heterocycles. The Hall–Kier alpha value is -2.42. The van der Waals surface area contributed by atoms with Crippen molar-refractivity contribution in [3.8, 4) is 11.5 Å². The third-order valence-electron chi connectivity index (χ3n) is 3.61. The maximum absolute atomic E-state index is 12.3. The Bertz CT molecular complexity index is 791. The van der Waals surface area contributed by atoms with Gasteiger partial charge in [-0.1, -0.05) is 6.07 Å². The van der Waals surface area contributed by atoms with Crippen LogP contribution in [0.15, 0.2) is 35.3 Å². The Balaban J connectivity index is 2.02. The lowest BCUT2D eigenvalue weighted by atomic mass is 10.2. The van der Waals surface area contributed by atoms with Crippen LogP contribution in [0.25, 0.3) is 0 Å². The predicted molar refractivity (Wildman–Crippen MR) is 105 cm³/mol. The van der Waals surface area contributed by atoms with Gasteiger partial charge in [0.05, 0.1) is 20.2 Å². The van der Waals surface area contributed by atoms with E-state index in [4.69, 9.17) is 9.47 Å². The largest absolute Gasteiger partial charge is 0.493 e. The molecule has 9 heteroatoms. The summed E-state index contributed by atoms with van der Waals surface area (Å²) in [5, 5.41) is 6.44. The van der Waals surface area contributed by atoms with Crippen LogP contribution in [-0.4, -0.2) is 32.4 Å². The molecule has 0 aliphatic carbocycles. The monoisotopic (exact) mass is 415 g/mol. The molecule has 5 nitrogen and oxygen atoms in total. The van der Waals surface area contributed by atoms with Gasteiger partial charge >= 0.3 is 6.18 Å². The number of benzene rings is 1. The van der Waals surface area contributed by atoms with Crippen LogP contribution in [0.3, 0.4) is 0 Å². The van der Waals surface area contributed by atoms with Crippen molar-refractivity contribution < 1.29 is 22.6 Å². The van der Waals surface area contributed by atoms with Gasteiger partial charge in [0.25, 0.3) is 0 Å². The Labute approximate surface area is 166 Å². The standard InChI is InChI=1S/C19H24F3N3O2S/c1-4-23-18(25-11-15-7-5-13(2)28-15)24-10-14-6-8-16(17(9-14)26-3)27-12-19(20,21)22/h5-9H,4,10-12H2,1-3H3,(H2,23,24,25). The first-order valence-electron chi connectivity index (χ1n) is 8.74. The Kier molecular flexibility index (Phi) is 7.98. The molecule has 0 atom stereocenters. The van der Waals surface area contributed by atoms with Gasteiger partial charge in [-0.2, -0.15) is 13.2 Å². The highest BCUT2D eigenvalue weighted by molar-refractivity contribution is 7.11. The lowest BCUT2D eigenvalue weighted by Gasteiger charge is -2.14. The zero-order valence-corrected chi connectivity index (χ0v) is 16.8. The number of alkyl halides is 3. The molecule has 2 N–H and O–H groups in total. The van der Waals surface area contributed by atoms with Crippen LogP contribution in [0.2, 0.25) is 0 Å². The van der Waals surface area contributed by atoms with Crippen molar-refractivity contribution in [2.75, 3.05) is 20.3 Å². The van der Waals surface area contributed by atoms with Gasteiger partial charge in [0, 0.05) is 16.3 Å². The molecule has 0 saturated carbocycles. The fourth-order valence-corrected chi connectivity index (χ4v) is 3.18. The minimum Gasteiger partial charge on any atom is -0.493 e. The van der Waals surface area contributed by atoms with E-state index < -0.39 is 12.8 Å². The zero-order valence-electron chi connectivity index (χ0n) is 16.0. The van der Waals surface area contributed by atoms with Crippen LogP contribution in [0.5, 0.6) is 11.5 Å². The maximum Gasteiger partial charge on any atom is 0.422 e. The topological polar surface area (TPSA) is 54.9 Å². The molecule has 0 bridgehead atoms. The van der Waals surface area contributed by atoms with E-state index in [1.807, 2.05) is 6.92 Å². The van der Waals surface area contributed by atoms with Crippen LogP contribution in [0, 0.1) is 6.92 Å². The van der Waals surface area contributed by atoms with Crippen LogP contribution in [0.4, 0.5) is 13.2 Å². The van der Waals surface area contributed by atoms with Gasteiger partial charge in [-0.15, -0.1) is 11.3 Å². The fourth-order valence-electron chi connectivity index (χ4n) is 2.35. The van der Waals surface area contributed by atoms with Crippen molar-refractivity contribution in [3.63, 3.8) is 0 Å². The summed E-state index contributed by atoms with van der Waals surface area (Å²) < 4.78 is 46.9. The van der Waals surface area contributed by atoms with Gasteiger partial charge in [0.2, 0.25) is 0 Å². The highest BCUT2D eigenvalue weighted by atomic mass is 32.1. The summed E-state index contributed by atoms with van der Waals surface area (Å²) in [5.41, 5.74) is 0.792. The molecule has 0 radical (unpaired) electrons. The normalized spacial score (nSPS) is 12.0. The number of nitrogens with zero attached hydrogens (tertiary/aromatic N) is 1. The number of methoxy groups -OCH3 is 1. The summed E-state index contributed by atoms with van der Waals surface area (Å²) >= 11 is 1.72. The number of nitrogens with one attached hydrogen (secondary N) is 2. The van der Waals surface area contributed by atoms with E-state index in [9.17, 15) is 13.2 Å². The van der Waals surface area contributed by atoms with Gasteiger partial charge in [0.15, 0.2) is 24.1 Å². The van der Waals surface area contributed by atoms with Crippen molar-refractivity contribution in [2.45, 2.75) is 33.1 Å². The predicted octanol–water partition coefficient (Wildman–Crippen LogP) is 4.26. The molecule has 1 aromatic heterocycles. The third kappa shape index (κ3) is 7.30. The summed E-state index contributed by atoms with van der Waals surface area (Å²) in [5.74, 6) is 0.944. The SMILES string of the molecule is CCNC(=NCc1ccc(OCC(F)(F)F)c(OC)c1)NCc1ccc(C)s1. The smallest absolute Gasteiger partial charge is 0.422 e. The van der Waals surface area contributed by atoms with E-state index in [2.05, 4.69) is 34.7 Å². The number of halogens is 3. The highest BCUT2D eigenvalue weighted by Gasteiger charge is 2.29. The van der Waals surface area contributed by atoms with E-state index >= 15 is 0 Å². The molecule has 1 aromatic carbocycles. The fraction of sp³-hybridized carbons (Fsp3) is 0.421. The zero-order chi connectivity index (χ0) is 20.6. The number of hydrogen-bond donors (Lipinski definition) is 2. The average Bonchev–Trinajstić information content (AvgIpc) is 3.07. The Morgan fingerprint density at radius 1 is 1.14 bits per heavy atom. The number of aryl methyl sites for hydroxylation is 1. The molecule has 0 spiro atoms. The lowest BCUT2D eigenvalue weighted by Crippen LogP contribution is -2.36. The molecular formula is C19H24F3N3O2S. The summed E-state index contributed by atoms with van der Waals surface area (Å²) in [7, 11) is 1.39. The quantitative estimate of drug-likeness (QED) is 0.500. The van der Waals surface area contributed by atoms with Crippen molar-refractivity contribution in [3.05, 3.63) is 45.6 Å². The second-order valence-electron chi connectivity index (χ2n) is 5.95. The maximum atomic E-state index is 12.3. The van der Waals surface area contributed by atoms with Crippen molar-refractivity contribution in [1.82, 2.24) is 10.6 Å². The van der Waals surface area contributed by atoms with E-state index in [-0.39, 0.29) is 11.5 Å². The number of thiophene rings is 1. The third-order valence-corrected chi connectivity index (χ3v) is 4.61. The van der Waals surface area contributed by atoms with E-state index in [0.717, 1.165) is 5.56 Å². The molecular weight excluding hydrogens is 391 g/mol. The van der Waals surface area contributed by atoms with Crippen molar-refractivity contribution in [2.24, 2.45) is 4.99 Å². The second-order valence-corrected chi connectivity index (χ2v) is 7.32. The van der Waals surface area contributed by atoms with E-state index in [0.29, 0.717) is 25.6 Å². The molecule has 2 aromatic rings. The first kappa shape index (κ1) is 21.9. The number of rotatable bonds is 8. The highest BCUT2D eigenvalue weighted by Crippen LogP contribution is 2.30. The van der Waals surface area contributed by atoms with E-state index in [1.54, 1.807) is 23.5 Å². The molecule has 0 unspecified atom stereocenters. The van der Waals surface area contributed by atoms with Gasteiger partial charge in [0.1, 0.15) is 0 Å². The van der Waals surface area contributed by atoms with Crippen LogP contribution in [0.1, 0.15) is 22.2 Å². The molecule has 0 aliphatic rings. The number of aliphatic imine (C=N–C) groups is 1. The summed E-state index contributed by atoms with van der Waals surface area (Å²) in [6.07, 6.45) is -4.40. The first-order valence-corrected chi connectivity index (χ1v) is 9.56. The van der Waals surface area contributed by atoms with Crippen molar-refractivity contribution in [1.29, 1.82) is 0 Å². The molecule has 0 fully saturated rings. The molecule has 154 valence electrons. The number of guanidine groups is 1. The van der Waals surface area contributed by atoms with Crippen molar-refractivity contribution >= 4 is 17.3 Å². The van der Waals surface area contributed by atoms with Crippen LogP contribution in [-0.2, 0) is 13.1 Å². The molecule has 2 rings (SSSR count). The first-order chi connectivity index (χ1) is 13.3. The van der Waals surface area contributed by atoms with Gasteiger partial charge < -0.3 is 20.1 Å². The van der Waals surface area contributed by atoms with E-state index in [1.165, 1.54) is 22.9 Å². The average molecular weight is 415 g/mol. The van der Waals surface area contributed by atoms with Gasteiger partial charge in [-0.25, -0.2) is 4.99 Å². The minimum atomic E-state index is -4.40. The molecule has 0 amide bonds. The summed E-state index contributed by atoms with van der Waals surface area (Å²) in [4.78, 5) is 6.97. The summed E-state index contributed by atoms with van der Waals surface area (Å²) in [6.45, 7) is 4.39. The molecule has 0 aliphatic heterocycles. The lowest BCUT2D eigenvalue weighted by molar-refractivity contribution is -0.153. The Morgan fingerprint density at radius 3 is 2.54 bits per heavy atom. The number of hydrogen-bond acceptors (Lipinski definition) is 4. The molecule has 0 saturated heterocycles. The second kappa shape index (κ2) is 10.2. The summed E-state index contributed by atoms with van der Waals surface area (Å²) in [6, 6.07) is 8.90. The van der Waals surface area contributed by atoms with Crippen LogP contribution >= 0.6 is 11.3 Å². The van der Waals surface area contributed by atoms with Gasteiger partial charge in [-0.3, -0.25) is 0 Å². The van der Waals surface area contributed by atoms with Gasteiger partial charge in [-0.05, 0) is 43.7 Å². The number of ether oxygens (including phenoxy) is 2.